The predicted octanol–water partition coefficient (Wildman–Crippen LogP) is 3.07. The summed E-state index contributed by atoms with van der Waals surface area (Å²) in [5, 5.41) is 11.9. The number of rotatable bonds is 2. The quantitative estimate of drug-likeness (QED) is 0.882. The molecule has 22 heavy (non-hydrogen) atoms. The van der Waals surface area contributed by atoms with E-state index < -0.39 is 5.97 Å². The van der Waals surface area contributed by atoms with Crippen LogP contribution in [0.5, 0.6) is 0 Å². The van der Waals surface area contributed by atoms with Gasteiger partial charge in [0.25, 0.3) is 0 Å². The number of urea groups is 1. The third-order valence-corrected chi connectivity index (χ3v) is 3.82. The van der Waals surface area contributed by atoms with Crippen molar-refractivity contribution < 1.29 is 14.7 Å². The highest BCUT2D eigenvalue weighted by Gasteiger charge is 2.26. The molecule has 0 saturated carbocycles. The average molecular weight is 304 g/mol. The van der Waals surface area contributed by atoms with Crippen LogP contribution in [0.15, 0.2) is 24.3 Å². The number of nitrogens with one attached hydrogen (secondary N) is 1. The Hall–Kier alpha value is -2.04. The van der Waals surface area contributed by atoms with Crippen molar-refractivity contribution in [3.8, 4) is 0 Å². The van der Waals surface area contributed by atoms with E-state index in [4.69, 9.17) is 5.11 Å². The number of carbonyl (C=O) groups is 2. The SMILES string of the molecule is CC(C)(C)NC(=O)N1CCC[C@@H](c2ccc(C(=O)O)cc2)C1. The molecule has 1 atom stereocenters. The molecular weight excluding hydrogens is 280 g/mol. The summed E-state index contributed by atoms with van der Waals surface area (Å²) in [6.07, 6.45) is 1.98. The van der Waals surface area contributed by atoms with Gasteiger partial charge >= 0.3 is 12.0 Å². The fourth-order valence-corrected chi connectivity index (χ4v) is 2.73. The molecule has 2 rings (SSSR count). The lowest BCUT2D eigenvalue weighted by Crippen LogP contribution is -2.51. The predicted molar refractivity (Wildman–Crippen MR) is 85.2 cm³/mol. The Labute approximate surface area is 131 Å². The van der Waals surface area contributed by atoms with Crippen molar-refractivity contribution in [3.63, 3.8) is 0 Å². The topological polar surface area (TPSA) is 69.6 Å². The van der Waals surface area contributed by atoms with Gasteiger partial charge in [-0.3, -0.25) is 0 Å². The molecule has 1 heterocycles. The number of piperidine rings is 1. The fourth-order valence-electron chi connectivity index (χ4n) is 2.73. The highest BCUT2D eigenvalue weighted by Crippen LogP contribution is 2.27. The monoisotopic (exact) mass is 304 g/mol. The second kappa shape index (κ2) is 6.38. The lowest BCUT2D eigenvalue weighted by molar-refractivity contribution is 0.0697. The molecule has 120 valence electrons. The van der Waals surface area contributed by atoms with Gasteiger partial charge in [-0.1, -0.05) is 12.1 Å². The Balaban J connectivity index is 2.04. The van der Waals surface area contributed by atoms with Gasteiger partial charge < -0.3 is 15.3 Å². The summed E-state index contributed by atoms with van der Waals surface area (Å²) >= 11 is 0. The van der Waals surface area contributed by atoms with Crippen LogP contribution in [0.1, 0.15) is 55.5 Å². The van der Waals surface area contributed by atoms with Gasteiger partial charge in [-0.05, 0) is 51.3 Å². The molecule has 0 bridgehead atoms. The molecule has 0 radical (unpaired) electrons. The van der Waals surface area contributed by atoms with Gasteiger partial charge in [0.1, 0.15) is 0 Å². The van der Waals surface area contributed by atoms with Crippen LogP contribution < -0.4 is 5.32 Å². The van der Waals surface area contributed by atoms with Gasteiger partial charge in [0.15, 0.2) is 0 Å². The van der Waals surface area contributed by atoms with E-state index >= 15 is 0 Å². The van der Waals surface area contributed by atoms with Crippen molar-refractivity contribution in [1.82, 2.24) is 10.2 Å². The summed E-state index contributed by atoms with van der Waals surface area (Å²) in [6.45, 7) is 7.35. The first-order valence-electron chi connectivity index (χ1n) is 7.66. The summed E-state index contributed by atoms with van der Waals surface area (Å²) in [5.41, 5.74) is 1.15. The van der Waals surface area contributed by atoms with Gasteiger partial charge in [-0.2, -0.15) is 0 Å². The normalized spacial score (nSPS) is 18.9. The molecule has 0 spiro atoms. The van der Waals surface area contributed by atoms with Crippen LogP contribution in [0.25, 0.3) is 0 Å². The Morgan fingerprint density at radius 3 is 2.41 bits per heavy atom. The number of carbonyl (C=O) groups excluding carboxylic acids is 1. The van der Waals surface area contributed by atoms with E-state index in [9.17, 15) is 9.59 Å². The molecule has 0 aromatic heterocycles. The van der Waals surface area contributed by atoms with Gasteiger partial charge in [0.2, 0.25) is 0 Å². The lowest BCUT2D eigenvalue weighted by Gasteiger charge is -2.35. The van der Waals surface area contributed by atoms with Crippen molar-refractivity contribution >= 4 is 12.0 Å². The second-order valence-electron chi connectivity index (χ2n) is 6.89. The largest absolute Gasteiger partial charge is 0.478 e. The standard InChI is InChI=1S/C17H24N2O3/c1-17(2,3)18-16(22)19-10-4-5-14(11-19)12-6-8-13(9-7-12)15(20)21/h6-9,14H,4-5,10-11H2,1-3H3,(H,18,22)(H,20,21)/t14-/m1/s1. The number of benzene rings is 1. The number of carboxylic acid groups (broad SMARTS) is 1. The average Bonchev–Trinajstić information content (AvgIpc) is 2.46. The first kappa shape index (κ1) is 16.3. The van der Waals surface area contributed by atoms with Crippen LogP contribution >= 0.6 is 0 Å². The molecule has 2 amide bonds. The lowest BCUT2D eigenvalue weighted by atomic mass is 9.90. The Morgan fingerprint density at radius 2 is 1.86 bits per heavy atom. The summed E-state index contributed by atoms with van der Waals surface area (Å²) in [5.74, 6) is -0.649. The first-order chi connectivity index (χ1) is 10.3. The number of carboxylic acids is 1. The zero-order valence-corrected chi connectivity index (χ0v) is 13.4. The molecular formula is C17H24N2O3. The minimum absolute atomic E-state index is 0.0284. The van der Waals surface area contributed by atoms with E-state index in [1.807, 2.05) is 37.8 Å². The first-order valence-corrected chi connectivity index (χ1v) is 7.66. The molecule has 1 aliphatic rings. The maximum absolute atomic E-state index is 12.3. The summed E-state index contributed by atoms with van der Waals surface area (Å²) in [7, 11) is 0. The highest BCUT2D eigenvalue weighted by atomic mass is 16.4. The Morgan fingerprint density at radius 1 is 1.23 bits per heavy atom. The van der Waals surface area contributed by atoms with E-state index in [1.165, 1.54) is 0 Å². The number of amides is 2. The van der Waals surface area contributed by atoms with Crippen LogP contribution in [-0.4, -0.2) is 40.6 Å². The molecule has 5 nitrogen and oxygen atoms in total. The number of nitrogens with zero attached hydrogens (tertiary/aromatic N) is 1. The molecule has 0 aliphatic carbocycles. The fraction of sp³-hybridized carbons (Fsp3) is 0.529. The van der Waals surface area contributed by atoms with Crippen LogP contribution in [0, 0.1) is 0 Å². The Kier molecular flexibility index (Phi) is 4.74. The smallest absolute Gasteiger partial charge is 0.335 e. The molecule has 0 unspecified atom stereocenters. The van der Waals surface area contributed by atoms with Crippen LogP contribution in [0.2, 0.25) is 0 Å². The van der Waals surface area contributed by atoms with E-state index in [2.05, 4.69) is 5.32 Å². The zero-order valence-electron chi connectivity index (χ0n) is 13.4. The molecule has 1 aromatic rings. The van der Waals surface area contributed by atoms with Gasteiger partial charge in [0, 0.05) is 24.5 Å². The van der Waals surface area contributed by atoms with Crippen molar-refractivity contribution in [2.45, 2.75) is 45.1 Å². The van der Waals surface area contributed by atoms with Crippen molar-refractivity contribution in [1.29, 1.82) is 0 Å². The number of aromatic carboxylic acids is 1. The molecule has 1 aromatic carbocycles. The summed E-state index contributed by atoms with van der Waals surface area (Å²) in [6, 6.07) is 6.95. The minimum atomic E-state index is -0.915. The van der Waals surface area contributed by atoms with Crippen LogP contribution in [0.3, 0.4) is 0 Å². The Bertz CT molecular complexity index is 546. The van der Waals surface area contributed by atoms with E-state index in [0.717, 1.165) is 24.9 Å². The number of hydrogen-bond donors (Lipinski definition) is 2. The van der Waals surface area contributed by atoms with E-state index in [1.54, 1.807) is 12.1 Å². The highest BCUT2D eigenvalue weighted by molar-refractivity contribution is 5.87. The summed E-state index contributed by atoms with van der Waals surface area (Å²) < 4.78 is 0. The van der Waals surface area contributed by atoms with Gasteiger partial charge in [-0.15, -0.1) is 0 Å². The molecule has 1 fully saturated rings. The summed E-state index contributed by atoms with van der Waals surface area (Å²) in [4.78, 5) is 25.0. The van der Waals surface area contributed by atoms with Crippen molar-refractivity contribution in [2.75, 3.05) is 13.1 Å². The maximum atomic E-state index is 12.3. The van der Waals surface area contributed by atoms with Crippen LogP contribution in [-0.2, 0) is 0 Å². The number of hydrogen-bond acceptors (Lipinski definition) is 2. The van der Waals surface area contributed by atoms with Gasteiger partial charge in [-0.25, -0.2) is 9.59 Å². The van der Waals surface area contributed by atoms with E-state index in [-0.39, 0.29) is 17.5 Å². The molecule has 5 heteroatoms. The molecule has 1 saturated heterocycles. The van der Waals surface area contributed by atoms with Crippen molar-refractivity contribution in [2.24, 2.45) is 0 Å². The van der Waals surface area contributed by atoms with Crippen LogP contribution in [0.4, 0.5) is 4.79 Å². The van der Waals surface area contributed by atoms with Crippen molar-refractivity contribution in [3.05, 3.63) is 35.4 Å². The second-order valence-corrected chi connectivity index (χ2v) is 6.89. The number of likely N-dealkylation sites (tertiary alicyclic amines) is 1. The maximum Gasteiger partial charge on any atom is 0.335 e. The van der Waals surface area contributed by atoms with E-state index in [0.29, 0.717) is 12.1 Å². The molecule has 1 aliphatic heterocycles. The third-order valence-electron chi connectivity index (χ3n) is 3.82. The zero-order chi connectivity index (χ0) is 16.3. The minimum Gasteiger partial charge on any atom is -0.478 e. The van der Waals surface area contributed by atoms with Gasteiger partial charge in [0.05, 0.1) is 5.56 Å². The molecule has 2 N–H and O–H groups in total. The third kappa shape index (κ3) is 4.23.